The van der Waals surface area contributed by atoms with Crippen molar-refractivity contribution >= 4 is 40.2 Å². The standard InChI is InChI=1S/C28H23ClN6O/c29-17-18-8-10-20(11-9-18)35-27(22-6-2-14-31-26(22)30)33-24-13-12-23(32-28(24)35)19-4-1-5-21(16-19)34-15-3-7-25(34)36/h1-2,4-6,8-14,16H,3,7,15,17H2,(H2,30,31). The minimum Gasteiger partial charge on any atom is -0.383 e. The molecule has 1 saturated heterocycles. The van der Waals surface area contributed by atoms with E-state index in [1.54, 1.807) is 6.20 Å². The van der Waals surface area contributed by atoms with Crippen molar-refractivity contribution in [3.05, 3.63) is 84.6 Å². The van der Waals surface area contributed by atoms with Gasteiger partial charge in [-0.2, -0.15) is 0 Å². The van der Waals surface area contributed by atoms with Gasteiger partial charge in [0.2, 0.25) is 5.91 Å². The van der Waals surface area contributed by atoms with Gasteiger partial charge in [0.1, 0.15) is 11.3 Å². The summed E-state index contributed by atoms with van der Waals surface area (Å²) < 4.78 is 2.00. The number of imidazole rings is 1. The number of nitrogens with zero attached hydrogens (tertiary/aromatic N) is 5. The van der Waals surface area contributed by atoms with E-state index in [0.717, 1.165) is 52.2 Å². The molecule has 5 aromatic rings. The van der Waals surface area contributed by atoms with Gasteiger partial charge in [0, 0.05) is 42.0 Å². The summed E-state index contributed by atoms with van der Waals surface area (Å²) in [6, 6.07) is 23.6. The Kier molecular flexibility index (Phi) is 5.62. The van der Waals surface area contributed by atoms with Gasteiger partial charge in [-0.3, -0.25) is 9.36 Å². The van der Waals surface area contributed by atoms with Crippen LogP contribution in [0.3, 0.4) is 0 Å². The molecule has 1 aliphatic rings. The van der Waals surface area contributed by atoms with Gasteiger partial charge in [-0.05, 0) is 60.5 Å². The van der Waals surface area contributed by atoms with Crippen LogP contribution in [0.4, 0.5) is 11.5 Å². The maximum Gasteiger partial charge on any atom is 0.227 e. The van der Waals surface area contributed by atoms with Crippen LogP contribution in [-0.4, -0.2) is 32.0 Å². The zero-order valence-electron chi connectivity index (χ0n) is 19.4. The summed E-state index contributed by atoms with van der Waals surface area (Å²) in [4.78, 5) is 28.3. The van der Waals surface area contributed by atoms with E-state index in [1.165, 1.54) is 0 Å². The molecule has 0 radical (unpaired) electrons. The lowest BCUT2D eigenvalue weighted by atomic mass is 10.1. The minimum absolute atomic E-state index is 0.160. The Morgan fingerprint density at radius 3 is 2.56 bits per heavy atom. The number of anilines is 2. The molecule has 8 heteroatoms. The quantitative estimate of drug-likeness (QED) is 0.321. The van der Waals surface area contributed by atoms with E-state index in [0.29, 0.717) is 29.6 Å². The Labute approximate surface area is 213 Å². The molecule has 2 aromatic carbocycles. The Morgan fingerprint density at radius 1 is 0.944 bits per heavy atom. The van der Waals surface area contributed by atoms with Crippen molar-refractivity contribution in [3.8, 4) is 28.3 Å². The molecule has 2 N–H and O–H groups in total. The lowest BCUT2D eigenvalue weighted by Crippen LogP contribution is -2.23. The zero-order valence-corrected chi connectivity index (χ0v) is 20.2. The predicted molar refractivity (Wildman–Crippen MR) is 143 cm³/mol. The first-order chi connectivity index (χ1) is 17.6. The maximum atomic E-state index is 12.3. The van der Waals surface area contributed by atoms with E-state index >= 15 is 0 Å². The maximum absolute atomic E-state index is 12.3. The molecule has 0 saturated carbocycles. The van der Waals surface area contributed by atoms with Crippen molar-refractivity contribution < 1.29 is 4.79 Å². The van der Waals surface area contributed by atoms with Crippen molar-refractivity contribution in [2.75, 3.05) is 17.2 Å². The van der Waals surface area contributed by atoms with Gasteiger partial charge in [-0.25, -0.2) is 15.0 Å². The molecule has 7 nitrogen and oxygen atoms in total. The number of nitrogens with two attached hydrogens (primary N) is 1. The molecule has 0 unspecified atom stereocenters. The molecule has 3 aromatic heterocycles. The normalized spacial score (nSPS) is 13.6. The third-order valence-corrected chi connectivity index (χ3v) is 6.77. The Morgan fingerprint density at radius 2 is 1.81 bits per heavy atom. The van der Waals surface area contributed by atoms with Crippen LogP contribution in [0, 0.1) is 0 Å². The highest BCUT2D eigenvalue weighted by molar-refractivity contribution is 6.17. The average Bonchev–Trinajstić information content (AvgIpc) is 3.52. The molecule has 1 aliphatic heterocycles. The largest absolute Gasteiger partial charge is 0.383 e. The van der Waals surface area contributed by atoms with Crippen molar-refractivity contribution in [2.24, 2.45) is 0 Å². The average molecular weight is 495 g/mol. The third-order valence-electron chi connectivity index (χ3n) is 6.46. The van der Waals surface area contributed by atoms with E-state index in [4.69, 9.17) is 27.3 Å². The van der Waals surface area contributed by atoms with Gasteiger partial charge in [0.05, 0.1) is 11.3 Å². The molecule has 0 spiro atoms. The van der Waals surface area contributed by atoms with E-state index in [9.17, 15) is 4.79 Å². The van der Waals surface area contributed by atoms with Crippen molar-refractivity contribution in [1.82, 2.24) is 19.5 Å². The summed E-state index contributed by atoms with van der Waals surface area (Å²) in [7, 11) is 0. The van der Waals surface area contributed by atoms with Crippen LogP contribution in [-0.2, 0) is 10.7 Å². The Balaban J connectivity index is 1.53. The number of rotatable bonds is 5. The van der Waals surface area contributed by atoms with Crippen LogP contribution in [0.15, 0.2) is 79.0 Å². The molecule has 178 valence electrons. The number of fused-ring (bicyclic) bond motifs is 1. The molecule has 1 amide bonds. The number of carbonyl (C=O) groups is 1. The highest BCUT2D eigenvalue weighted by Gasteiger charge is 2.22. The van der Waals surface area contributed by atoms with Gasteiger partial charge in [-0.1, -0.05) is 24.3 Å². The number of carbonyl (C=O) groups excluding carboxylic acids is 1. The Hall–Kier alpha value is -4.23. The van der Waals surface area contributed by atoms with Crippen molar-refractivity contribution in [2.45, 2.75) is 18.7 Å². The fourth-order valence-electron chi connectivity index (χ4n) is 4.64. The Bertz CT molecular complexity index is 1590. The number of hydrogen-bond acceptors (Lipinski definition) is 5. The number of pyridine rings is 2. The summed E-state index contributed by atoms with van der Waals surface area (Å²) in [5, 5.41) is 0. The number of amides is 1. The highest BCUT2D eigenvalue weighted by Crippen LogP contribution is 2.33. The summed E-state index contributed by atoms with van der Waals surface area (Å²) in [5.74, 6) is 1.66. The number of alkyl halides is 1. The number of nitrogen functional groups attached to an aromatic ring is 1. The van der Waals surface area contributed by atoms with Crippen LogP contribution in [0.2, 0.25) is 0 Å². The molecule has 0 aliphatic carbocycles. The number of hydrogen-bond donors (Lipinski definition) is 1. The van der Waals surface area contributed by atoms with Gasteiger partial charge >= 0.3 is 0 Å². The summed E-state index contributed by atoms with van der Waals surface area (Å²) in [6.45, 7) is 0.746. The lowest BCUT2D eigenvalue weighted by molar-refractivity contribution is -0.117. The van der Waals surface area contributed by atoms with Crippen LogP contribution >= 0.6 is 11.6 Å². The molecular formula is C28H23ClN6O. The molecule has 1 fully saturated rings. The molecule has 6 rings (SSSR count). The SMILES string of the molecule is Nc1ncccc1-c1nc2ccc(-c3cccc(N4CCCC4=O)c3)nc2n1-c1ccc(CCl)cc1. The third kappa shape index (κ3) is 3.87. The van der Waals surface area contributed by atoms with Crippen LogP contribution < -0.4 is 10.6 Å². The van der Waals surface area contributed by atoms with Crippen LogP contribution in [0.5, 0.6) is 0 Å². The zero-order chi connectivity index (χ0) is 24.6. The summed E-state index contributed by atoms with van der Waals surface area (Å²) >= 11 is 6.02. The molecule has 4 heterocycles. The van der Waals surface area contributed by atoms with Gasteiger partial charge < -0.3 is 10.6 Å². The fraction of sp³-hybridized carbons (Fsp3) is 0.143. The van der Waals surface area contributed by atoms with Gasteiger partial charge in [-0.15, -0.1) is 11.6 Å². The second-order valence-corrected chi connectivity index (χ2v) is 9.01. The van der Waals surface area contributed by atoms with Crippen molar-refractivity contribution in [3.63, 3.8) is 0 Å². The predicted octanol–water partition coefficient (Wildman–Crippen LogP) is 5.60. The summed E-state index contributed by atoms with van der Waals surface area (Å²) in [5.41, 5.74) is 12.9. The lowest BCUT2D eigenvalue weighted by Gasteiger charge is -2.16. The summed E-state index contributed by atoms with van der Waals surface area (Å²) in [6.07, 6.45) is 3.14. The van der Waals surface area contributed by atoms with E-state index < -0.39 is 0 Å². The van der Waals surface area contributed by atoms with Crippen LogP contribution in [0.25, 0.3) is 39.5 Å². The van der Waals surface area contributed by atoms with Gasteiger partial charge in [0.25, 0.3) is 0 Å². The van der Waals surface area contributed by atoms with Crippen LogP contribution in [0.1, 0.15) is 18.4 Å². The molecule has 0 atom stereocenters. The van der Waals surface area contributed by atoms with Crippen molar-refractivity contribution in [1.29, 1.82) is 0 Å². The minimum atomic E-state index is 0.160. The first-order valence-corrected chi connectivity index (χ1v) is 12.3. The molecular weight excluding hydrogens is 472 g/mol. The van der Waals surface area contributed by atoms with E-state index in [-0.39, 0.29) is 5.91 Å². The monoisotopic (exact) mass is 494 g/mol. The topological polar surface area (TPSA) is 89.9 Å². The number of benzene rings is 2. The number of aromatic nitrogens is 4. The molecule has 36 heavy (non-hydrogen) atoms. The molecule has 0 bridgehead atoms. The van der Waals surface area contributed by atoms with Gasteiger partial charge in [0.15, 0.2) is 11.5 Å². The fourth-order valence-corrected chi connectivity index (χ4v) is 4.82. The first-order valence-electron chi connectivity index (χ1n) is 11.8. The van der Waals surface area contributed by atoms with E-state index in [2.05, 4.69) is 4.98 Å². The smallest absolute Gasteiger partial charge is 0.227 e. The van der Waals surface area contributed by atoms with E-state index in [1.807, 2.05) is 82.3 Å². The highest BCUT2D eigenvalue weighted by atomic mass is 35.5. The second-order valence-electron chi connectivity index (χ2n) is 8.75. The second kappa shape index (κ2) is 9.09. The first kappa shape index (κ1) is 22.2. The number of halogens is 1.